The van der Waals surface area contributed by atoms with Gasteiger partial charge in [0, 0.05) is 64.4 Å². The predicted molar refractivity (Wildman–Crippen MR) is 126 cm³/mol. The molecule has 4 unspecified atom stereocenters. The van der Waals surface area contributed by atoms with Crippen LogP contribution in [0.25, 0.3) is 0 Å². The number of hydrogen-bond acceptors (Lipinski definition) is 7. The fraction of sp³-hybridized carbons (Fsp3) is 1.00. The van der Waals surface area contributed by atoms with Gasteiger partial charge in [0.15, 0.2) is 0 Å². The molecule has 0 spiro atoms. The predicted octanol–water partition coefficient (Wildman–Crippen LogP) is 1.79. The quantitative estimate of drug-likeness (QED) is 0.556. The van der Waals surface area contributed by atoms with Crippen LogP contribution in [0, 0.1) is 0 Å². The molecule has 7 heteroatoms. The SMILES string of the molecule is CCC1CN(CCC(N)(CCN2CCOC(CC)C2)CN2CC(C)OC(C)C2)CCO1. The van der Waals surface area contributed by atoms with E-state index in [1.165, 1.54) is 0 Å². The molecule has 4 atom stereocenters. The van der Waals surface area contributed by atoms with E-state index < -0.39 is 0 Å². The summed E-state index contributed by atoms with van der Waals surface area (Å²) in [5.74, 6) is 0. The van der Waals surface area contributed by atoms with Gasteiger partial charge in [-0.15, -0.1) is 0 Å². The lowest BCUT2D eigenvalue weighted by molar-refractivity contribution is -0.0754. The van der Waals surface area contributed by atoms with Crippen molar-refractivity contribution >= 4 is 0 Å². The maximum Gasteiger partial charge on any atom is 0.0700 e. The summed E-state index contributed by atoms with van der Waals surface area (Å²) in [5.41, 5.74) is 7.01. The summed E-state index contributed by atoms with van der Waals surface area (Å²) in [6.07, 6.45) is 5.55. The van der Waals surface area contributed by atoms with Crippen LogP contribution in [0.15, 0.2) is 0 Å². The standard InChI is InChI=1S/C24H48N4O3/c1-5-22-17-26(11-13-29-22)9-7-24(25,19-28-15-20(3)31-21(4)16-28)8-10-27-12-14-30-23(6-2)18-27/h20-23H,5-19,25H2,1-4H3. The van der Waals surface area contributed by atoms with Crippen molar-refractivity contribution in [1.29, 1.82) is 0 Å². The Hall–Kier alpha value is -0.280. The summed E-state index contributed by atoms with van der Waals surface area (Å²) in [6, 6.07) is 0. The molecule has 3 fully saturated rings. The smallest absolute Gasteiger partial charge is 0.0700 e. The van der Waals surface area contributed by atoms with Crippen molar-refractivity contribution in [2.75, 3.05) is 72.1 Å². The van der Waals surface area contributed by atoms with Crippen molar-refractivity contribution in [3.63, 3.8) is 0 Å². The molecule has 0 aromatic heterocycles. The molecule has 0 bridgehead atoms. The van der Waals surface area contributed by atoms with Crippen LogP contribution in [0.1, 0.15) is 53.4 Å². The summed E-state index contributed by atoms with van der Waals surface area (Å²) in [5, 5.41) is 0. The fourth-order valence-corrected chi connectivity index (χ4v) is 5.36. The first-order chi connectivity index (χ1) is 14.9. The van der Waals surface area contributed by atoms with Crippen LogP contribution in [-0.4, -0.2) is 117 Å². The van der Waals surface area contributed by atoms with Gasteiger partial charge in [-0.1, -0.05) is 13.8 Å². The number of rotatable bonds is 10. The van der Waals surface area contributed by atoms with E-state index in [-0.39, 0.29) is 17.7 Å². The summed E-state index contributed by atoms with van der Waals surface area (Å²) in [6.45, 7) is 19.7. The van der Waals surface area contributed by atoms with Crippen molar-refractivity contribution in [2.45, 2.75) is 83.3 Å². The highest BCUT2D eigenvalue weighted by Crippen LogP contribution is 2.21. The van der Waals surface area contributed by atoms with Gasteiger partial charge in [0.2, 0.25) is 0 Å². The Bertz CT molecular complexity index is 485. The Morgan fingerprint density at radius 2 is 1.26 bits per heavy atom. The van der Waals surface area contributed by atoms with E-state index in [4.69, 9.17) is 19.9 Å². The summed E-state index contributed by atoms with van der Waals surface area (Å²) in [4.78, 5) is 7.67. The van der Waals surface area contributed by atoms with Crippen LogP contribution >= 0.6 is 0 Å². The Morgan fingerprint density at radius 1 is 0.774 bits per heavy atom. The van der Waals surface area contributed by atoms with Crippen LogP contribution in [0.2, 0.25) is 0 Å². The fourth-order valence-electron chi connectivity index (χ4n) is 5.36. The zero-order valence-corrected chi connectivity index (χ0v) is 20.6. The molecule has 2 N–H and O–H groups in total. The van der Waals surface area contributed by atoms with Gasteiger partial charge in [-0.05, 0) is 39.5 Å². The van der Waals surface area contributed by atoms with Crippen molar-refractivity contribution < 1.29 is 14.2 Å². The molecule has 0 radical (unpaired) electrons. The maximum atomic E-state index is 7.19. The number of ether oxygens (including phenoxy) is 3. The van der Waals surface area contributed by atoms with Gasteiger partial charge in [-0.3, -0.25) is 14.7 Å². The lowest BCUT2D eigenvalue weighted by atomic mass is 9.90. The average molecular weight is 441 g/mol. The molecule has 31 heavy (non-hydrogen) atoms. The second kappa shape index (κ2) is 12.3. The zero-order valence-electron chi connectivity index (χ0n) is 20.6. The highest BCUT2D eigenvalue weighted by atomic mass is 16.5. The molecular formula is C24H48N4O3. The molecule has 3 rings (SSSR count). The number of hydrogen-bond donors (Lipinski definition) is 1. The van der Waals surface area contributed by atoms with E-state index in [0.717, 1.165) is 97.8 Å². The number of nitrogens with zero attached hydrogens (tertiary/aromatic N) is 3. The highest BCUT2D eigenvalue weighted by Gasteiger charge is 2.33. The van der Waals surface area contributed by atoms with E-state index in [9.17, 15) is 0 Å². The van der Waals surface area contributed by atoms with Crippen LogP contribution < -0.4 is 5.73 Å². The lowest BCUT2D eigenvalue weighted by Crippen LogP contribution is -2.58. The van der Waals surface area contributed by atoms with Gasteiger partial charge in [-0.2, -0.15) is 0 Å². The molecule has 0 amide bonds. The Balaban J connectivity index is 1.58. The van der Waals surface area contributed by atoms with Crippen molar-refractivity contribution in [2.24, 2.45) is 5.73 Å². The van der Waals surface area contributed by atoms with Gasteiger partial charge < -0.3 is 19.9 Å². The minimum Gasteiger partial charge on any atom is -0.376 e. The third-order valence-electron chi connectivity index (χ3n) is 7.24. The Kier molecular flexibility index (Phi) is 10.0. The normalized spacial score (nSPS) is 34.0. The van der Waals surface area contributed by atoms with Crippen LogP contribution in [0.4, 0.5) is 0 Å². The van der Waals surface area contributed by atoms with Crippen molar-refractivity contribution in [3.05, 3.63) is 0 Å². The monoisotopic (exact) mass is 440 g/mol. The minimum atomic E-state index is -0.184. The highest BCUT2D eigenvalue weighted by molar-refractivity contribution is 4.92. The van der Waals surface area contributed by atoms with Gasteiger partial charge in [0.05, 0.1) is 37.6 Å². The van der Waals surface area contributed by atoms with Crippen LogP contribution in [0.3, 0.4) is 0 Å². The largest absolute Gasteiger partial charge is 0.376 e. The van der Waals surface area contributed by atoms with E-state index in [1.807, 2.05) is 0 Å². The van der Waals surface area contributed by atoms with Gasteiger partial charge in [0.25, 0.3) is 0 Å². The number of morpholine rings is 3. The molecule has 182 valence electrons. The Morgan fingerprint density at radius 3 is 1.71 bits per heavy atom. The third kappa shape index (κ3) is 8.22. The molecule has 0 aromatic rings. The average Bonchev–Trinajstić information content (AvgIpc) is 2.76. The zero-order chi connectivity index (χ0) is 22.3. The van der Waals surface area contributed by atoms with Crippen LogP contribution in [-0.2, 0) is 14.2 Å². The molecule has 7 nitrogen and oxygen atoms in total. The van der Waals surface area contributed by atoms with E-state index in [1.54, 1.807) is 0 Å². The molecule has 3 aliphatic heterocycles. The maximum absolute atomic E-state index is 7.19. The first-order valence-corrected chi connectivity index (χ1v) is 12.7. The minimum absolute atomic E-state index is 0.184. The lowest BCUT2D eigenvalue weighted by Gasteiger charge is -2.43. The third-order valence-corrected chi connectivity index (χ3v) is 7.24. The Labute approximate surface area is 190 Å². The topological polar surface area (TPSA) is 63.4 Å². The first kappa shape index (κ1) is 25.3. The van der Waals surface area contributed by atoms with E-state index in [0.29, 0.717) is 12.2 Å². The molecule has 0 saturated carbocycles. The summed E-state index contributed by atoms with van der Waals surface area (Å²) < 4.78 is 17.7. The molecule has 0 aromatic carbocycles. The number of nitrogens with two attached hydrogens (primary N) is 1. The summed E-state index contributed by atoms with van der Waals surface area (Å²) >= 11 is 0. The van der Waals surface area contributed by atoms with Gasteiger partial charge in [0.1, 0.15) is 0 Å². The van der Waals surface area contributed by atoms with Gasteiger partial charge >= 0.3 is 0 Å². The van der Waals surface area contributed by atoms with Gasteiger partial charge in [-0.25, -0.2) is 0 Å². The molecule has 3 aliphatic rings. The van der Waals surface area contributed by atoms with Crippen molar-refractivity contribution in [1.82, 2.24) is 14.7 Å². The van der Waals surface area contributed by atoms with Crippen molar-refractivity contribution in [3.8, 4) is 0 Å². The first-order valence-electron chi connectivity index (χ1n) is 12.7. The second-order valence-corrected chi connectivity index (χ2v) is 10.2. The second-order valence-electron chi connectivity index (χ2n) is 10.2. The van der Waals surface area contributed by atoms with Crippen LogP contribution in [0.5, 0.6) is 0 Å². The summed E-state index contributed by atoms with van der Waals surface area (Å²) in [7, 11) is 0. The van der Waals surface area contributed by atoms with E-state index >= 15 is 0 Å². The molecular weight excluding hydrogens is 392 g/mol. The molecule has 3 saturated heterocycles. The molecule has 0 aliphatic carbocycles. The molecule has 3 heterocycles. The van der Waals surface area contributed by atoms with E-state index in [2.05, 4.69) is 42.4 Å².